The highest BCUT2D eigenvalue weighted by Crippen LogP contribution is 2.38. The summed E-state index contributed by atoms with van der Waals surface area (Å²) in [7, 11) is 0. The first-order valence-corrected chi connectivity index (χ1v) is 10.4. The molecular weight excluding hydrogens is 399 g/mol. The summed E-state index contributed by atoms with van der Waals surface area (Å²) in [6.45, 7) is 3.01. The number of aliphatic hydroxyl groups is 1. The fourth-order valence-electron chi connectivity index (χ4n) is 4.75. The lowest BCUT2D eigenvalue weighted by molar-refractivity contribution is -0.132. The van der Waals surface area contributed by atoms with Crippen molar-refractivity contribution in [1.82, 2.24) is 14.7 Å². The minimum absolute atomic E-state index is 0.0107. The lowest BCUT2D eigenvalue weighted by Gasteiger charge is -2.23. The second-order valence-electron chi connectivity index (χ2n) is 8.39. The van der Waals surface area contributed by atoms with Crippen LogP contribution >= 0.6 is 0 Å². The quantitative estimate of drug-likeness (QED) is 0.700. The highest BCUT2D eigenvalue weighted by molar-refractivity contribution is 6.05. The van der Waals surface area contributed by atoms with E-state index in [1.807, 2.05) is 18.2 Å². The Hall–Kier alpha value is -3.26. The minimum Gasteiger partial charge on any atom is -0.393 e. The SMILES string of the molecule is C[C@@H](O)CC(=O)N1C[C@@H]2CN(c3cccc4c3cnn4-c3ccccc3F)C(=O)[C@@H]2C1. The molecule has 5 rings (SSSR count). The molecule has 1 N–H and O–H groups in total. The van der Waals surface area contributed by atoms with E-state index in [9.17, 15) is 19.1 Å². The molecule has 0 spiro atoms. The molecule has 1 aromatic heterocycles. The molecule has 0 unspecified atom stereocenters. The second kappa shape index (κ2) is 7.46. The van der Waals surface area contributed by atoms with Crippen LogP contribution in [-0.2, 0) is 9.59 Å². The van der Waals surface area contributed by atoms with Crippen LogP contribution in [-0.4, -0.2) is 57.3 Å². The first-order valence-electron chi connectivity index (χ1n) is 10.4. The van der Waals surface area contributed by atoms with Crippen LogP contribution in [0.4, 0.5) is 10.1 Å². The number of aliphatic hydroxyl groups excluding tert-OH is 1. The molecule has 0 aliphatic carbocycles. The molecule has 7 nitrogen and oxygen atoms in total. The Morgan fingerprint density at radius 3 is 2.68 bits per heavy atom. The van der Waals surface area contributed by atoms with E-state index in [0.717, 1.165) is 16.6 Å². The first kappa shape index (κ1) is 19.7. The molecule has 31 heavy (non-hydrogen) atoms. The first-order chi connectivity index (χ1) is 14.9. The summed E-state index contributed by atoms with van der Waals surface area (Å²) < 4.78 is 15.9. The van der Waals surface area contributed by atoms with Gasteiger partial charge in [0.1, 0.15) is 11.5 Å². The minimum atomic E-state index is -0.691. The van der Waals surface area contributed by atoms with Crippen molar-refractivity contribution < 1.29 is 19.1 Å². The maximum absolute atomic E-state index is 14.3. The number of carbonyl (C=O) groups is 2. The van der Waals surface area contributed by atoms with Crippen molar-refractivity contribution in [2.24, 2.45) is 11.8 Å². The van der Waals surface area contributed by atoms with Crippen LogP contribution in [0.5, 0.6) is 0 Å². The highest BCUT2D eigenvalue weighted by Gasteiger charge is 2.48. The Labute approximate surface area is 178 Å². The lowest BCUT2D eigenvalue weighted by atomic mass is 10.0. The predicted octanol–water partition coefficient (Wildman–Crippen LogP) is 2.36. The standard InChI is InChI=1S/C23H23FN4O3/c1-14(29)9-22(30)26-11-15-12-27(23(31)17(15)13-26)19-7-4-8-20-16(19)10-25-28(20)21-6-3-2-5-18(21)24/h2-8,10,14-15,17,29H,9,11-13H2,1H3/t14-,15-,17-/m1/s1. The highest BCUT2D eigenvalue weighted by atomic mass is 19.1. The van der Waals surface area contributed by atoms with Gasteiger partial charge in [0, 0.05) is 30.9 Å². The van der Waals surface area contributed by atoms with Crippen LogP contribution in [0.3, 0.4) is 0 Å². The van der Waals surface area contributed by atoms with E-state index >= 15 is 0 Å². The number of likely N-dealkylation sites (tertiary alicyclic amines) is 1. The van der Waals surface area contributed by atoms with Crippen molar-refractivity contribution in [3.63, 3.8) is 0 Å². The molecule has 2 aliphatic rings. The topological polar surface area (TPSA) is 78.7 Å². The Morgan fingerprint density at radius 1 is 1.16 bits per heavy atom. The number of fused-ring (bicyclic) bond motifs is 2. The maximum Gasteiger partial charge on any atom is 0.232 e. The summed E-state index contributed by atoms with van der Waals surface area (Å²) in [6.07, 6.45) is 1.05. The molecule has 3 heterocycles. The number of carbonyl (C=O) groups excluding carboxylic acids is 2. The molecule has 2 aliphatic heterocycles. The third-order valence-electron chi connectivity index (χ3n) is 6.23. The van der Waals surface area contributed by atoms with Crippen molar-refractivity contribution in [3.8, 4) is 5.69 Å². The van der Waals surface area contributed by atoms with Crippen LogP contribution in [0, 0.1) is 17.7 Å². The van der Waals surface area contributed by atoms with Crippen molar-refractivity contribution in [3.05, 3.63) is 54.5 Å². The van der Waals surface area contributed by atoms with Crippen LogP contribution in [0.15, 0.2) is 48.7 Å². The Kier molecular flexibility index (Phi) is 4.74. The van der Waals surface area contributed by atoms with Gasteiger partial charge in [-0.15, -0.1) is 0 Å². The molecule has 2 fully saturated rings. The van der Waals surface area contributed by atoms with Gasteiger partial charge in [-0.2, -0.15) is 5.10 Å². The fourth-order valence-corrected chi connectivity index (χ4v) is 4.75. The summed E-state index contributed by atoms with van der Waals surface area (Å²) >= 11 is 0. The van der Waals surface area contributed by atoms with Gasteiger partial charge in [0.05, 0.1) is 35.8 Å². The van der Waals surface area contributed by atoms with E-state index < -0.39 is 6.10 Å². The summed E-state index contributed by atoms with van der Waals surface area (Å²) in [6, 6.07) is 12.0. The van der Waals surface area contributed by atoms with E-state index in [1.165, 1.54) is 6.07 Å². The van der Waals surface area contributed by atoms with Crippen molar-refractivity contribution in [2.45, 2.75) is 19.4 Å². The van der Waals surface area contributed by atoms with Crippen LogP contribution in [0.2, 0.25) is 0 Å². The predicted molar refractivity (Wildman–Crippen MR) is 113 cm³/mol. The number of anilines is 1. The van der Waals surface area contributed by atoms with Crippen molar-refractivity contribution >= 4 is 28.4 Å². The normalized spacial score (nSPS) is 21.7. The second-order valence-corrected chi connectivity index (χ2v) is 8.39. The van der Waals surface area contributed by atoms with Gasteiger partial charge in [-0.3, -0.25) is 9.59 Å². The van der Waals surface area contributed by atoms with E-state index in [2.05, 4.69) is 5.10 Å². The molecule has 0 bridgehead atoms. The van der Waals surface area contributed by atoms with Gasteiger partial charge in [-0.25, -0.2) is 9.07 Å². The third kappa shape index (κ3) is 3.27. The summed E-state index contributed by atoms with van der Waals surface area (Å²) in [4.78, 5) is 28.9. The maximum atomic E-state index is 14.3. The number of amides is 2. The van der Waals surface area contributed by atoms with E-state index in [0.29, 0.717) is 25.3 Å². The van der Waals surface area contributed by atoms with Gasteiger partial charge >= 0.3 is 0 Å². The number of hydrogen-bond acceptors (Lipinski definition) is 4. The largest absolute Gasteiger partial charge is 0.393 e. The van der Waals surface area contributed by atoms with Crippen molar-refractivity contribution in [2.75, 3.05) is 24.5 Å². The van der Waals surface area contributed by atoms with Crippen LogP contribution < -0.4 is 4.90 Å². The van der Waals surface area contributed by atoms with Gasteiger partial charge in [-0.05, 0) is 31.2 Å². The number of benzene rings is 2. The molecule has 2 amide bonds. The van der Waals surface area contributed by atoms with Crippen LogP contribution in [0.1, 0.15) is 13.3 Å². The Bertz CT molecular complexity index is 1170. The molecule has 160 valence electrons. The third-order valence-corrected chi connectivity index (χ3v) is 6.23. The van der Waals surface area contributed by atoms with Gasteiger partial charge < -0.3 is 14.9 Å². The number of aromatic nitrogens is 2. The molecule has 2 saturated heterocycles. The van der Waals surface area contributed by atoms with Crippen molar-refractivity contribution in [1.29, 1.82) is 0 Å². The number of para-hydroxylation sites is 1. The van der Waals surface area contributed by atoms with E-state index in [-0.39, 0.29) is 35.9 Å². The molecule has 0 saturated carbocycles. The Balaban J connectivity index is 1.43. The zero-order valence-corrected chi connectivity index (χ0v) is 17.1. The lowest BCUT2D eigenvalue weighted by Crippen LogP contribution is -2.36. The molecule has 8 heteroatoms. The van der Waals surface area contributed by atoms with Gasteiger partial charge in [0.2, 0.25) is 11.8 Å². The average molecular weight is 422 g/mol. The zero-order valence-electron chi connectivity index (χ0n) is 17.1. The number of nitrogens with zero attached hydrogens (tertiary/aromatic N) is 4. The summed E-state index contributed by atoms with van der Waals surface area (Å²) in [5.74, 6) is -0.677. The molecule has 0 radical (unpaired) electrons. The summed E-state index contributed by atoms with van der Waals surface area (Å²) in [5, 5.41) is 14.6. The monoisotopic (exact) mass is 422 g/mol. The number of hydrogen-bond donors (Lipinski definition) is 1. The van der Waals surface area contributed by atoms with Crippen LogP contribution in [0.25, 0.3) is 16.6 Å². The molecule has 3 aromatic rings. The molecule has 2 aromatic carbocycles. The fraction of sp³-hybridized carbons (Fsp3) is 0.348. The van der Waals surface area contributed by atoms with E-state index in [1.54, 1.807) is 45.8 Å². The zero-order chi connectivity index (χ0) is 21.7. The summed E-state index contributed by atoms with van der Waals surface area (Å²) in [5.41, 5.74) is 1.83. The van der Waals surface area contributed by atoms with Gasteiger partial charge in [0.25, 0.3) is 0 Å². The number of halogens is 1. The van der Waals surface area contributed by atoms with Gasteiger partial charge in [-0.1, -0.05) is 18.2 Å². The Morgan fingerprint density at radius 2 is 1.94 bits per heavy atom. The average Bonchev–Trinajstić information content (AvgIpc) is 3.42. The van der Waals surface area contributed by atoms with Gasteiger partial charge in [0.15, 0.2) is 0 Å². The molecule has 3 atom stereocenters. The van der Waals surface area contributed by atoms with E-state index in [4.69, 9.17) is 0 Å². The smallest absolute Gasteiger partial charge is 0.232 e. The molecular formula is C23H23FN4O3. The number of rotatable bonds is 4.